The minimum atomic E-state index is -4.73. The van der Waals surface area contributed by atoms with E-state index in [9.17, 15) is 22.0 Å². The van der Waals surface area contributed by atoms with Crippen LogP contribution in [0.1, 0.15) is 24.5 Å². The Morgan fingerprint density at radius 3 is 2.24 bits per heavy atom. The van der Waals surface area contributed by atoms with Crippen LogP contribution in [-0.4, -0.2) is 24.4 Å². The number of fused-ring (bicyclic) bond motifs is 1. The molecule has 1 aromatic heterocycles. The van der Waals surface area contributed by atoms with Crippen LogP contribution >= 0.6 is 0 Å². The second-order valence-electron chi connectivity index (χ2n) is 8.49. The van der Waals surface area contributed by atoms with Gasteiger partial charge in [-0.25, -0.2) is 13.2 Å². The molecule has 1 heterocycles. The van der Waals surface area contributed by atoms with Crippen molar-refractivity contribution < 1.29 is 35.8 Å². The maximum atomic E-state index is 15.2. The summed E-state index contributed by atoms with van der Waals surface area (Å²) in [5.74, 6) is -3.36. The normalized spacial score (nSPS) is 11.6. The van der Waals surface area contributed by atoms with Gasteiger partial charge in [-0.15, -0.1) is 0 Å². The number of hydrogen-bond donors (Lipinski definition) is 0. The predicted octanol–water partition coefficient (Wildman–Crippen LogP) is 7.83. The fourth-order valence-electron chi connectivity index (χ4n) is 3.87. The van der Waals surface area contributed by atoms with Gasteiger partial charge in [-0.2, -0.15) is 13.2 Å². The zero-order chi connectivity index (χ0) is 26.6. The molecule has 0 saturated heterocycles. The van der Waals surface area contributed by atoms with E-state index >= 15 is 4.39 Å². The van der Waals surface area contributed by atoms with Crippen molar-refractivity contribution >= 4 is 10.8 Å². The molecule has 4 aromatic rings. The summed E-state index contributed by atoms with van der Waals surface area (Å²) in [6.07, 6.45) is -1.99. The first-order valence-electron chi connectivity index (χ1n) is 11.6. The van der Waals surface area contributed by atoms with Crippen LogP contribution < -0.4 is 9.47 Å². The van der Waals surface area contributed by atoms with Gasteiger partial charge in [-0.1, -0.05) is 31.2 Å². The van der Waals surface area contributed by atoms with Gasteiger partial charge in [0, 0.05) is 10.9 Å². The zero-order valence-corrected chi connectivity index (χ0v) is 19.8. The number of aromatic nitrogens is 1. The number of aryl methyl sites for hydroxylation is 2. The molecule has 0 aliphatic heterocycles. The Hall–Kier alpha value is -3.75. The Labute approximate surface area is 209 Å². The van der Waals surface area contributed by atoms with Crippen molar-refractivity contribution in [3.63, 3.8) is 0 Å². The zero-order valence-electron chi connectivity index (χ0n) is 19.8. The minimum absolute atomic E-state index is 0.0737. The van der Waals surface area contributed by atoms with E-state index in [0.717, 1.165) is 24.1 Å². The monoisotopic (exact) mass is 519 g/mol. The average Bonchev–Trinajstić information content (AvgIpc) is 2.86. The highest BCUT2D eigenvalue weighted by atomic mass is 19.4. The van der Waals surface area contributed by atoms with Gasteiger partial charge in [-0.3, -0.25) is 4.98 Å². The molecule has 4 rings (SSSR count). The number of hydrogen-bond acceptors (Lipinski definition) is 3. The van der Waals surface area contributed by atoms with Gasteiger partial charge in [0.2, 0.25) is 0 Å². The van der Waals surface area contributed by atoms with Crippen LogP contribution in [0.4, 0.5) is 26.3 Å². The quantitative estimate of drug-likeness (QED) is 0.211. The Balaban J connectivity index is 1.48. The summed E-state index contributed by atoms with van der Waals surface area (Å²) in [6, 6.07) is 14.0. The molecule has 0 radical (unpaired) electrons. The highest BCUT2D eigenvalue weighted by Crippen LogP contribution is 2.29. The number of ether oxygens (including phenoxy) is 2. The Kier molecular flexibility index (Phi) is 7.90. The average molecular weight is 519 g/mol. The van der Waals surface area contributed by atoms with Crippen molar-refractivity contribution in [1.29, 1.82) is 0 Å². The lowest BCUT2D eigenvalue weighted by atomic mass is 9.98. The summed E-state index contributed by atoms with van der Waals surface area (Å²) in [4.78, 5) is 4.41. The fraction of sp³-hybridized carbons (Fsp3) is 0.250. The van der Waals surface area contributed by atoms with E-state index in [2.05, 4.69) is 9.72 Å². The lowest BCUT2D eigenvalue weighted by Gasteiger charge is -2.12. The summed E-state index contributed by atoms with van der Waals surface area (Å²) in [5, 5.41) is 1.05. The molecule has 0 aliphatic carbocycles. The molecular formula is C28H23F6NO2. The van der Waals surface area contributed by atoms with Crippen LogP contribution in [0.3, 0.4) is 0 Å². The number of pyridine rings is 1. The molecule has 0 unspecified atom stereocenters. The third-order valence-corrected chi connectivity index (χ3v) is 5.66. The highest BCUT2D eigenvalue weighted by molar-refractivity contribution is 5.88. The van der Waals surface area contributed by atoms with Crippen LogP contribution in [0.2, 0.25) is 0 Å². The van der Waals surface area contributed by atoms with Gasteiger partial charge >= 0.3 is 6.18 Å². The molecule has 0 spiro atoms. The van der Waals surface area contributed by atoms with Crippen molar-refractivity contribution in [3.8, 4) is 22.8 Å². The second kappa shape index (κ2) is 11.1. The van der Waals surface area contributed by atoms with Crippen LogP contribution in [-0.2, 0) is 12.8 Å². The van der Waals surface area contributed by atoms with E-state index in [1.165, 1.54) is 0 Å². The molecule has 194 valence electrons. The van der Waals surface area contributed by atoms with E-state index < -0.39 is 36.0 Å². The minimum Gasteiger partial charge on any atom is -0.492 e. The first-order chi connectivity index (χ1) is 17.6. The second-order valence-corrected chi connectivity index (χ2v) is 8.49. The van der Waals surface area contributed by atoms with Crippen molar-refractivity contribution in [2.45, 2.75) is 32.4 Å². The molecule has 0 bridgehead atoms. The molecular weight excluding hydrogens is 496 g/mol. The van der Waals surface area contributed by atoms with Crippen molar-refractivity contribution in [1.82, 2.24) is 4.98 Å². The molecule has 3 nitrogen and oxygen atoms in total. The van der Waals surface area contributed by atoms with E-state index in [4.69, 9.17) is 4.74 Å². The number of halogens is 6. The third kappa shape index (κ3) is 6.53. The molecule has 0 saturated carbocycles. The third-order valence-electron chi connectivity index (χ3n) is 5.66. The van der Waals surface area contributed by atoms with Crippen LogP contribution in [0.15, 0.2) is 60.8 Å². The molecule has 0 amide bonds. The lowest BCUT2D eigenvalue weighted by Crippen LogP contribution is -2.20. The largest absolute Gasteiger partial charge is 0.492 e. The van der Waals surface area contributed by atoms with Crippen molar-refractivity contribution in [2.24, 2.45) is 0 Å². The number of nitrogens with zero attached hydrogens (tertiary/aromatic N) is 1. The van der Waals surface area contributed by atoms with Crippen molar-refractivity contribution in [3.05, 3.63) is 89.4 Å². The van der Waals surface area contributed by atoms with E-state index in [-0.39, 0.29) is 18.4 Å². The fourth-order valence-corrected chi connectivity index (χ4v) is 3.87. The van der Waals surface area contributed by atoms with Crippen LogP contribution in [0.5, 0.6) is 11.5 Å². The van der Waals surface area contributed by atoms with Gasteiger partial charge in [0.05, 0.1) is 18.5 Å². The van der Waals surface area contributed by atoms with Gasteiger partial charge in [0.15, 0.2) is 24.0 Å². The molecule has 37 heavy (non-hydrogen) atoms. The highest BCUT2D eigenvalue weighted by Gasteiger charge is 2.30. The first kappa shape index (κ1) is 26.3. The van der Waals surface area contributed by atoms with E-state index in [0.29, 0.717) is 34.4 Å². The molecule has 0 fully saturated rings. The number of benzene rings is 3. The van der Waals surface area contributed by atoms with Crippen molar-refractivity contribution in [2.75, 3.05) is 13.2 Å². The molecule has 0 atom stereocenters. The lowest BCUT2D eigenvalue weighted by molar-refractivity contribution is -0.154. The standard InChI is InChI=1S/C28H23F6NO2/c1-2-11-36-21-8-10-25(35-15-21)20-7-9-22-19(14-20)6-5-18(26(22)31)4-3-17-12-23(29)27(24(30)13-17)37-16-28(32,33)34/h5-10,12-15H,2-4,11,16H2,1H3. The summed E-state index contributed by atoms with van der Waals surface area (Å²) in [6.45, 7) is 0.808. The maximum absolute atomic E-state index is 15.2. The van der Waals surface area contributed by atoms with Gasteiger partial charge in [-0.05, 0) is 66.1 Å². The summed E-state index contributed by atoms with van der Waals surface area (Å²) >= 11 is 0. The molecule has 9 heteroatoms. The first-order valence-corrected chi connectivity index (χ1v) is 11.6. The smallest absolute Gasteiger partial charge is 0.422 e. The summed E-state index contributed by atoms with van der Waals surface area (Å²) < 4.78 is 90.1. The Morgan fingerprint density at radius 2 is 1.59 bits per heavy atom. The van der Waals surface area contributed by atoms with Gasteiger partial charge in [0.1, 0.15) is 11.6 Å². The van der Waals surface area contributed by atoms with Crippen LogP contribution in [0, 0.1) is 17.5 Å². The summed E-state index contributed by atoms with van der Waals surface area (Å²) in [7, 11) is 0. The molecule has 3 aromatic carbocycles. The summed E-state index contributed by atoms with van der Waals surface area (Å²) in [5.41, 5.74) is 2.03. The molecule has 0 aliphatic rings. The number of alkyl halides is 3. The van der Waals surface area contributed by atoms with Crippen LogP contribution in [0.25, 0.3) is 22.0 Å². The van der Waals surface area contributed by atoms with E-state index in [1.54, 1.807) is 30.5 Å². The predicted molar refractivity (Wildman–Crippen MR) is 128 cm³/mol. The maximum Gasteiger partial charge on any atom is 0.422 e. The van der Waals surface area contributed by atoms with E-state index in [1.807, 2.05) is 25.1 Å². The number of rotatable bonds is 9. The van der Waals surface area contributed by atoms with Gasteiger partial charge < -0.3 is 9.47 Å². The topological polar surface area (TPSA) is 31.4 Å². The Bertz CT molecular complexity index is 1360. The Morgan fingerprint density at radius 1 is 0.838 bits per heavy atom. The molecule has 0 N–H and O–H groups in total. The SMILES string of the molecule is CCCOc1ccc(-c2ccc3c(F)c(CCc4cc(F)c(OCC(F)(F)F)c(F)c4)ccc3c2)nc1. The van der Waals surface area contributed by atoms with Gasteiger partial charge in [0.25, 0.3) is 0 Å².